The van der Waals surface area contributed by atoms with Crippen LogP contribution in [0.25, 0.3) is 0 Å². The molecule has 2 N–H and O–H groups in total. The molecule has 1 rings (SSSR count). The van der Waals surface area contributed by atoms with Crippen LogP contribution >= 0.6 is 0 Å². The molecule has 0 saturated heterocycles. The molecule has 0 radical (unpaired) electrons. The van der Waals surface area contributed by atoms with Crippen molar-refractivity contribution in [2.75, 3.05) is 13.2 Å². The summed E-state index contributed by atoms with van der Waals surface area (Å²) in [4.78, 5) is 10.7. The number of aliphatic hydroxyl groups is 1. The number of rotatable bonds is 8. The van der Waals surface area contributed by atoms with Gasteiger partial charge in [0.2, 0.25) is 0 Å². The highest BCUT2D eigenvalue weighted by Gasteiger charge is 2.19. The number of nitro benzene ring substituents is 1. The predicted molar refractivity (Wildman–Crippen MR) is 84.4 cm³/mol. The van der Waals surface area contributed by atoms with Crippen LogP contribution in [0.2, 0.25) is 0 Å². The fraction of sp³-hybridized carbons (Fsp3) is 0.625. The quantitative estimate of drug-likeness (QED) is 0.569. The molecule has 0 fully saturated rings. The summed E-state index contributed by atoms with van der Waals surface area (Å²) in [5, 5.41) is 23.3. The molecule has 0 bridgehead atoms. The van der Waals surface area contributed by atoms with Gasteiger partial charge in [-0.2, -0.15) is 0 Å². The highest BCUT2D eigenvalue weighted by molar-refractivity contribution is 5.43. The first kappa shape index (κ1) is 17.6. The van der Waals surface area contributed by atoms with Crippen molar-refractivity contribution in [3.63, 3.8) is 0 Å². The lowest BCUT2D eigenvalue weighted by molar-refractivity contribution is -0.385. The number of nitro groups is 1. The zero-order valence-corrected chi connectivity index (χ0v) is 13.3. The van der Waals surface area contributed by atoms with Crippen molar-refractivity contribution in [3.8, 4) is 0 Å². The number of aliphatic hydroxyl groups excluding tert-OH is 1. The van der Waals surface area contributed by atoms with Crippen molar-refractivity contribution in [1.82, 2.24) is 5.32 Å². The maximum Gasteiger partial charge on any atom is 0.272 e. The van der Waals surface area contributed by atoms with Crippen molar-refractivity contribution in [2.24, 2.45) is 5.41 Å². The molecule has 0 aliphatic rings. The van der Waals surface area contributed by atoms with Gasteiger partial charge in [-0.15, -0.1) is 0 Å². The predicted octanol–water partition coefficient (Wildman–Crippen LogP) is 3.35. The van der Waals surface area contributed by atoms with Gasteiger partial charge in [0, 0.05) is 30.8 Å². The van der Waals surface area contributed by atoms with E-state index in [1.54, 1.807) is 19.1 Å². The van der Waals surface area contributed by atoms with E-state index >= 15 is 0 Å². The third-order valence-corrected chi connectivity index (χ3v) is 3.83. The Kier molecular flexibility index (Phi) is 6.30. The Morgan fingerprint density at radius 3 is 2.67 bits per heavy atom. The lowest BCUT2D eigenvalue weighted by Gasteiger charge is -2.27. The second-order valence-corrected chi connectivity index (χ2v) is 6.40. The van der Waals surface area contributed by atoms with Gasteiger partial charge < -0.3 is 10.4 Å². The molecule has 5 nitrogen and oxygen atoms in total. The Bertz CT molecular complexity index is 486. The normalized spacial score (nSPS) is 13.2. The molecule has 0 aliphatic carbocycles. The van der Waals surface area contributed by atoms with Crippen LogP contribution in [0, 0.1) is 22.5 Å². The summed E-state index contributed by atoms with van der Waals surface area (Å²) in [5.74, 6) is 0. The summed E-state index contributed by atoms with van der Waals surface area (Å²) >= 11 is 0. The van der Waals surface area contributed by atoms with E-state index < -0.39 is 0 Å². The van der Waals surface area contributed by atoms with E-state index in [-0.39, 0.29) is 28.7 Å². The van der Waals surface area contributed by atoms with Gasteiger partial charge in [-0.25, -0.2) is 0 Å². The number of benzene rings is 1. The van der Waals surface area contributed by atoms with Crippen LogP contribution in [0.5, 0.6) is 0 Å². The summed E-state index contributed by atoms with van der Waals surface area (Å²) in [7, 11) is 0. The lowest BCUT2D eigenvalue weighted by atomic mass is 9.87. The Morgan fingerprint density at radius 2 is 2.10 bits per heavy atom. The minimum Gasteiger partial charge on any atom is -0.396 e. The molecule has 1 atom stereocenters. The van der Waals surface area contributed by atoms with E-state index in [1.165, 1.54) is 0 Å². The maximum atomic E-state index is 11.0. The summed E-state index contributed by atoms with van der Waals surface area (Å²) in [6.45, 7) is 9.08. The van der Waals surface area contributed by atoms with Gasteiger partial charge in [0.25, 0.3) is 5.69 Å². The van der Waals surface area contributed by atoms with Crippen LogP contribution in [-0.4, -0.2) is 23.2 Å². The van der Waals surface area contributed by atoms with Crippen molar-refractivity contribution >= 4 is 5.69 Å². The Labute approximate surface area is 126 Å². The van der Waals surface area contributed by atoms with Crippen LogP contribution in [0.1, 0.15) is 50.8 Å². The largest absolute Gasteiger partial charge is 0.396 e. The van der Waals surface area contributed by atoms with E-state index in [1.807, 2.05) is 13.0 Å². The topological polar surface area (TPSA) is 75.4 Å². The molecule has 0 heterocycles. The third kappa shape index (κ3) is 5.44. The molecule has 0 aliphatic heterocycles. The van der Waals surface area contributed by atoms with Crippen molar-refractivity contribution in [2.45, 2.75) is 46.6 Å². The van der Waals surface area contributed by atoms with Crippen LogP contribution in [0.15, 0.2) is 18.2 Å². The highest BCUT2D eigenvalue weighted by Crippen LogP contribution is 2.25. The summed E-state index contributed by atoms with van der Waals surface area (Å²) in [6, 6.07) is 5.43. The molecule has 0 aromatic heterocycles. The minimum atomic E-state index is -0.337. The van der Waals surface area contributed by atoms with E-state index in [0.717, 1.165) is 24.9 Å². The number of nitrogens with zero attached hydrogens (tertiary/aromatic N) is 1. The average Bonchev–Trinajstić information content (AvgIpc) is 2.43. The number of aryl methyl sites for hydroxylation is 1. The Hall–Kier alpha value is -1.46. The molecule has 0 spiro atoms. The van der Waals surface area contributed by atoms with Gasteiger partial charge in [-0.05, 0) is 37.7 Å². The third-order valence-electron chi connectivity index (χ3n) is 3.83. The van der Waals surface area contributed by atoms with Gasteiger partial charge in [0.1, 0.15) is 0 Å². The van der Waals surface area contributed by atoms with Gasteiger partial charge in [-0.1, -0.05) is 26.0 Å². The van der Waals surface area contributed by atoms with Crippen LogP contribution in [0.3, 0.4) is 0 Å². The first-order chi connectivity index (χ1) is 9.76. The number of hydrogen-bond donors (Lipinski definition) is 2. The van der Waals surface area contributed by atoms with Crippen LogP contribution < -0.4 is 5.32 Å². The molecule has 118 valence electrons. The number of hydrogen-bond acceptors (Lipinski definition) is 4. The van der Waals surface area contributed by atoms with E-state index in [0.29, 0.717) is 5.56 Å². The summed E-state index contributed by atoms with van der Waals surface area (Å²) in [5.41, 5.74) is 1.86. The average molecular weight is 294 g/mol. The molecular formula is C16H26N2O3. The van der Waals surface area contributed by atoms with Gasteiger partial charge in [0.05, 0.1) is 4.92 Å². The maximum absolute atomic E-state index is 11.0. The van der Waals surface area contributed by atoms with Crippen molar-refractivity contribution in [3.05, 3.63) is 39.4 Å². The molecule has 0 amide bonds. The molecule has 21 heavy (non-hydrogen) atoms. The molecule has 1 aromatic carbocycles. The zero-order chi connectivity index (χ0) is 16.0. The number of nitrogens with one attached hydrogen (secondary N) is 1. The zero-order valence-electron chi connectivity index (χ0n) is 13.3. The van der Waals surface area contributed by atoms with Crippen molar-refractivity contribution < 1.29 is 10.0 Å². The molecule has 0 saturated carbocycles. The Morgan fingerprint density at radius 1 is 1.43 bits per heavy atom. The monoisotopic (exact) mass is 294 g/mol. The smallest absolute Gasteiger partial charge is 0.272 e. The summed E-state index contributed by atoms with van der Waals surface area (Å²) < 4.78 is 0. The SMILES string of the molecule is Cc1ccc(C(C)NCC(C)(C)CCCO)cc1[N+](=O)[O-]. The van der Waals surface area contributed by atoms with E-state index in [4.69, 9.17) is 5.11 Å². The lowest BCUT2D eigenvalue weighted by Crippen LogP contribution is -2.31. The van der Waals surface area contributed by atoms with Crippen LogP contribution in [-0.2, 0) is 0 Å². The van der Waals surface area contributed by atoms with Crippen LogP contribution in [0.4, 0.5) is 5.69 Å². The van der Waals surface area contributed by atoms with Gasteiger partial charge >= 0.3 is 0 Å². The van der Waals surface area contributed by atoms with E-state index in [2.05, 4.69) is 19.2 Å². The highest BCUT2D eigenvalue weighted by atomic mass is 16.6. The fourth-order valence-electron chi connectivity index (χ4n) is 2.29. The Balaban J connectivity index is 2.70. The molecular weight excluding hydrogens is 268 g/mol. The first-order valence-corrected chi connectivity index (χ1v) is 7.36. The molecule has 1 aromatic rings. The van der Waals surface area contributed by atoms with Gasteiger partial charge in [-0.3, -0.25) is 10.1 Å². The minimum absolute atomic E-state index is 0.0534. The molecule has 5 heteroatoms. The standard InChI is InChI=1S/C16H26N2O3/c1-12-6-7-14(10-15(12)18(20)21)13(2)17-11-16(3,4)8-5-9-19/h6-7,10,13,17,19H,5,8-9,11H2,1-4H3. The summed E-state index contributed by atoms with van der Waals surface area (Å²) in [6.07, 6.45) is 1.73. The van der Waals surface area contributed by atoms with Gasteiger partial charge in [0.15, 0.2) is 0 Å². The second-order valence-electron chi connectivity index (χ2n) is 6.40. The molecule has 1 unspecified atom stereocenters. The van der Waals surface area contributed by atoms with E-state index in [9.17, 15) is 10.1 Å². The fourth-order valence-corrected chi connectivity index (χ4v) is 2.29. The van der Waals surface area contributed by atoms with Crippen molar-refractivity contribution in [1.29, 1.82) is 0 Å². The first-order valence-electron chi connectivity index (χ1n) is 7.36. The second kappa shape index (κ2) is 7.52.